The van der Waals surface area contributed by atoms with E-state index in [2.05, 4.69) is 25.4 Å². The average molecular weight is 523 g/mol. The minimum absolute atomic E-state index is 0.0324. The molecule has 1 fully saturated rings. The Kier molecular flexibility index (Phi) is 5.48. The number of anilines is 2. The summed E-state index contributed by atoms with van der Waals surface area (Å²) in [7, 11) is 0. The number of rotatable bonds is 4. The van der Waals surface area contributed by atoms with Crippen LogP contribution in [0, 0.1) is 11.7 Å². The standard InChI is InChI=1S/C25H24ClFN8O2/c1-25(13-8-14(27)19(26)17(36)9-13)18-20(28)32-21(33-22(18)34-24(25)37)16-10-35-23(29-11-30-35)15(31-16)7-12-5-3-2-4-6-12/h8-12,36H,2-7H2,1H3,(H3,28,32,33,34,37)/t25-/m0/s1. The number of amides is 1. The number of benzene rings is 1. The third-order valence-electron chi connectivity index (χ3n) is 7.48. The number of nitrogen functional groups attached to an aromatic ring is 1. The van der Waals surface area contributed by atoms with Crippen molar-refractivity contribution < 1.29 is 14.3 Å². The maximum absolute atomic E-state index is 14.4. The van der Waals surface area contributed by atoms with Crippen molar-refractivity contribution in [2.45, 2.75) is 50.9 Å². The van der Waals surface area contributed by atoms with Crippen molar-refractivity contribution in [1.82, 2.24) is 29.5 Å². The third-order valence-corrected chi connectivity index (χ3v) is 7.85. The van der Waals surface area contributed by atoms with E-state index >= 15 is 0 Å². The van der Waals surface area contributed by atoms with Gasteiger partial charge in [-0.05, 0) is 37.0 Å². The topological polar surface area (TPSA) is 144 Å². The first kappa shape index (κ1) is 23.5. The van der Waals surface area contributed by atoms with Gasteiger partial charge in [-0.25, -0.2) is 28.8 Å². The molecule has 4 aromatic rings. The quantitative estimate of drug-likeness (QED) is 0.364. The molecule has 0 spiro atoms. The van der Waals surface area contributed by atoms with Crippen molar-refractivity contribution in [2.75, 3.05) is 11.1 Å². The smallest absolute Gasteiger partial charge is 0.240 e. The Morgan fingerprint density at radius 2 is 2.03 bits per heavy atom. The molecule has 12 heteroatoms. The van der Waals surface area contributed by atoms with Gasteiger partial charge in [0.2, 0.25) is 5.91 Å². The van der Waals surface area contributed by atoms with Crippen LogP contribution >= 0.6 is 11.6 Å². The molecule has 4 heterocycles. The summed E-state index contributed by atoms with van der Waals surface area (Å²) in [4.78, 5) is 31.4. The predicted molar refractivity (Wildman–Crippen MR) is 135 cm³/mol. The molecule has 10 nitrogen and oxygen atoms in total. The fraction of sp³-hybridized carbons (Fsp3) is 0.360. The Labute approximate surface area is 216 Å². The number of phenols is 1. The van der Waals surface area contributed by atoms with Gasteiger partial charge in [-0.3, -0.25) is 4.79 Å². The molecule has 4 N–H and O–H groups in total. The summed E-state index contributed by atoms with van der Waals surface area (Å²) < 4.78 is 16.0. The first-order valence-electron chi connectivity index (χ1n) is 12.1. The summed E-state index contributed by atoms with van der Waals surface area (Å²) >= 11 is 5.77. The van der Waals surface area contributed by atoms with Crippen LogP contribution in [0.1, 0.15) is 55.8 Å². The monoisotopic (exact) mass is 522 g/mol. The van der Waals surface area contributed by atoms with Crippen LogP contribution in [0.2, 0.25) is 5.02 Å². The summed E-state index contributed by atoms with van der Waals surface area (Å²) in [5.74, 6) is -0.854. The SMILES string of the molecule is C[C@@]1(c2cc(O)c(Cl)c(F)c2)C(=O)Nc2nc(-c3cn4ncnc4c(CC4CCCCC4)n3)nc(N)c21. The average Bonchev–Trinajstić information content (AvgIpc) is 3.46. The molecular formula is C25H24ClFN8O2. The lowest BCUT2D eigenvalue weighted by atomic mass is 9.77. The fourth-order valence-corrected chi connectivity index (χ4v) is 5.57. The molecule has 1 amide bonds. The minimum atomic E-state index is -1.45. The van der Waals surface area contributed by atoms with E-state index in [0.29, 0.717) is 17.3 Å². The van der Waals surface area contributed by atoms with Crippen LogP contribution in [-0.4, -0.2) is 40.6 Å². The molecular weight excluding hydrogens is 499 g/mol. The highest BCUT2D eigenvalue weighted by Crippen LogP contribution is 2.46. The maximum atomic E-state index is 14.4. The second-order valence-electron chi connectivity index (χ2n) is 9.84. The van der Waals surface area contributed by atoms with Crippen molar-refractivity contribution in [3.63, 3.8) is 0 Å². The van der Waals surface area contributed by atoms with Gasteiger partial charge in [0.05, 0.1) is 17.5 Å². The summed E-state index contributed by atoms with van der Waals surface area (Å²) in [5.41, 5.74) is 7.33. The number of carbonyl (C=O) groups excluding carboxylic acids is 1. The van der Waals surface area contributed by atoms with E-state index in [1.165, 1.54) is 31.7 Å². The van der Waals surface area contributed by atoms with Crippen LogP contribution in [0.25, 0.3) is 17.2 Å². The van der Waals surface area contributed by atoms with Crippen LogP contribution < -0.4 is 11.1 Å². The lowest BCUT2D eigenvalue weighted by Crippen LogP contribution is -2.33. The zero-order valence-corrected chi connectivity index (χ0v) is 20.8. The Morgan fingerprint density at radius 3 is 2.78 bits per heavy atom. The number of aromatic hydroxyl groups is 1. The highest BCUT2D eigenvalue weighted by Gasteiger charge is 2.48. The van der Waals surface area contributed by atoms with Gasteiger partial charge in [0, 0.05) is 0 Å². The first-order chi connectivity index (χ1) is 17.8. The van der Waals surface area contributed by atoms with E-state index < -0.39 is 27.9 Å². The Morgan fingerprint density at radius 1 is 1.24 bits per heavy atom. The van der Waals surface area contributed by atoms with Crippen LogP contribution in [0.4, 0.5) is 16.0 Å². The molecule has 2 aliphatic rings. The maximum Gasteiger partial charge on any atom is 0.240 e. The Bertz CT molecular complexity index is 1550. The van der Waals surface area contributed by atoms with Gasteiger partial charge >= 0.3 is 0 Å². The number of hydrogen-bond acceptors (Lipinski definition) is 8. The Balaban J connectivity index is 1.44. The lowest BCUT2D eigenvalue weighted by molar-refractivity contribution is -0.119. The van der Waals surface area contributed by atoms with Gasteiger partial charge in [-0.15, -0.1) is 0 Å². The van der Waals surface area contributed by atoms with Crippen LogP contribution in [0.5, 0.6) is 5.75 Å². The molecule has 0 unspecified atom stereocenters. The number of nitrogens with two attached hydrogens (primary N) is 1. The zero-order valence-electron chi connectivity index (χ0n) is 20.0. The Hall–Kier alpha value is -3.86. The second kappa shape index (κ2) is 8.62. The van der Waals surface area contributed by atoms with E-state index in [0.717, 1.165) is 31.0 Å². The highest BCUT2D eigenvalue weighted by molar-refractivity contribution is 6.32. The van der Waals surface area contributed by atoms with Crippen molar-refractivity contribution in [1.29, 1.82) is 0 Å². The second-order valence-corrected chi connectivity index (χ2v) is 10.2. The molecule has 1 aliphatic heterocycles. The molecule has 190 valence electrons. The molecule has 6 rings (SSSR count). The van der Waals surface area contributed by atoms with Gasteiger partial charge in [0.1, 0.15) is 45.7 Å². The summed E-state index contributed by atoms with van der Waals surface area (Å²) in [6.45, 7) is 1.57. The number of phenolic OH excluding ortho intramolecular Hbond substituents is 1. The molecule has 3 aromatic heterocycles. The number of nitrogens with one attached hydrogen (secondary N) is 1. The number of nitrogens with zero attached hydrogens (tertiary/aromatic N) is 6. The molecule has 1 aliphatic carbocycles. The molecule has 0 saturated heterocycles. The summed E-state index contributed by atoms with van der Waals surface area (Å²) in [5, 5.41) is 16.7. The largest absolute Gasteiger partial charge is 0.506 e. The van der Waals surface area contributed by atoms with Crippen molar-refractivity contribution in [3.8, 4) is 17.3 Å². The fourth-order valence-electron chi connectivity index (χ4n) is 5.46. The summed E-state index contributed by atoms with van der Waals surface area (Å²) in [6.07, 6.45) is 9.93. The molecule has 37 heavy (non-hydrogen) atoms. The molecule has 1 saturated carbocycles. The van der Waals surface area contributed by atoms with Crippen LogP contribution in [0.15, 0.2) is 24.7 Å². The van der Waals surface area contributed by atoms with Gasteiger partial charge < -0.3 is 16.2 Å². The van der Waals surface area contributed by atoms with E-state index in [9.17, 15) is 14.3 Å². The summed E-state index contributed by atoms with van der Waals surface area (Å²) in [6, 6.07) is 2.34. The zero-order chi connectivity index (χ0) is 25.9. The van der Waals surface area contributed by atoms with Crippen LogP contribution in [0.3, 0.4) is 0 Å². The van der Waals surface area contributed by atoms with Crippen molar-refractivity contribution in [3.05, 3.63) is 52.3 Å². The number of aromatic nitrogens is 6. The number of hydrogen-bond donors (Lipinski definition) is 3. The van der Waals surface area contributed by atoms with Gasteiger partial charge in [-0.2, -0.15) is 5.10 Å². The van der Waals surface area contributed by atoms with E-state index in [4.69, 9.17) is 22.3 Å². The number of halogens is 2. The molecule has 1 atom stereocenters. The predicted octanol–water partition coefficient (Wildman–Crippen LogP) is 4.04. The van der Waals surface area contributed by atoms with E-state index in [1.807, 2.05) is 0 Å². The normalized spacial score (nSPS) is 19.8. The van der Waals surface area contributed by atoms with E-state index in [1.54, 1.807) is 17.6 Å². The van der Waals surface area contributed by atoms with Crippen molar-refractivity contribution >= 4 is 34.8 Å². The lowest BCUT2D eigenvalue weighted by Gasteiger charge is -2.24. The van der Waals surface area contributed by atoms with Crippen molar-refractivity contribution in [2.24, 2.45) is 5.92 Å². The van der Waals surface area contributed by atoms with Gasteiger partial charge in [0.15, 0.2) is 11.5 Å². The third kappa shape index (κ3) is 3.76. The highest BCUT2D eigenvalue weighted by atomic mass is 35.5. The minimum Gasteiger partial charge on any atom is -0.506 e. The van der Waals surface area contributed by atoms with E-state index in [-0.39, 0.29) is 28.6 Å². The van der Waals surface area contributed by atoms with Gasteiger partial charge in [-0.1, -0.05) is 43.7 Å². The number of carbonyl (C=O) groups is 1. The first-order valence-corrected chi connectivity index (χ1v) is 12.5. The van der Waals surface area contributed by atoms with Gasteiger partial charge in [0.25, 0.3) is 0 Å². The molecule has 0 bridgehead atoms. The number of fused-ring (bicyclic) bond motifs is 2. The molecule has 1 aromatic carbocycles. The molecule has 0 radical (unpaired) electrons. The van der Waals surface area contributed by atoms with Crippen LogP contribution in [-0.2, 0) is 16.6 Å².